The van der Waals surface area contributed by atoms with E-state index in [1.165, 1.54) is 39.9 Å². The summed E-state index contributed by atoms with van der Waals surface area (Å²) in [5, 5.41) is 3.83. The van der Waals surface area contributed by atoms with Crippen molar-refractivity contribution in [3.8, 4) is 0 Å². The van der Waals surface area contributed by atoms with Crippen molar-refractivity contribution in [3.05, 3.63) is 53.1 Å². The van der Waals surface area contributed by atoms with Crippen LogP contribution < -0.4 is 5.32 Å². The van der Waals surface area contributed by atoms with Gasteiger partial charge in [0, 0.05) is 23.7 Å². The van der Waals surface area contributed by atoms with Gasteiger partial charge < -0.3 is 0 Å². The molecule has 1 fully saturated rings. The highest BCUT2D eigenvalue weighted by Gasteiger charge is 2.28. The lowest BCUT2D eigenvalue weighted by Crippen LogP contribution is -2.37. The highest BCUT2D eigenvalue weighted by Crippen LogP contribution is 2.29. The molecular formula is C20H20ClN3O3S2. The third-order valence-electron chi connectivity index (χ3n) is 5.07. The molecule has 152 valence electrons. The summed E-state index contributed by atoms with van der Waals surface area (Å²) in [5.41, 5.74) is 1.13. The summed E-state index contributed by atoms with van der Waals surface area (Å²) < 4.78 is 28.0. The average Bonchev–Trinajstić information content (AvgIpc) is 3.09. The maximum absolute atomic E-state index is 12.8. The van der Waals surface area contributed by atoms with Crippen LogP contribution >= 0.6 is 22.9 Å². The Labute approximate surface area is 178 Å². The SMILES string of the molecule is CC1CCN(S(=O)(=O)c2ccc(C(=O)Nc3nc4ccc(Cl)cc4s3)cc2)CC1. The van der Waals surface area contributed by atoms with Gasteiger partial charge in [-0.15, -0.1) is 0 Å². The van der Waals surface area contributed by atoms with Crippen LogP contribution in [0, 0.1) is 5.92 Å². The van der Waals surface area contributed by atoms with Crippen LogP contribution in [0.1, 0.15) is 30.1 Å². The normalized spacial score (nSPS) is 16.2. The molecule has 1 aromatic heterocycles. The van der Waals surface area contributed by atoms with Crippen molar-refractivity contribution in [1.82, 2.24) is 9.29 Å². The van der Waals surface area contributed by atoms with Crippen molar-refractivity contribution in [2.45, 2.75) is 24.7 Å². The van der Waals surface area contributed by atoms with Crippen molar-refractivity contribution < 1.29 is 13.2 Å². The number of aromatic nitrogens is 1. The minimum atomic E-state index is -3.53. The Morgan fingerprint density at radius 1 is 1.17 bits per heavy atom. The number of nitrogens with one attached hydrogen (secondary N) is 1. The standard InChI is InChI=1S/C20H20ClN3O3S2/c1-13-8-10-24(11-9-13)29(26,27)16-5-2-14(3-6-16)19(25)23-20-22-17-7-4-15(21)12-18(17)28-20/h2-7,12-13H,8-11H2,1H3,(H,22,23,25). The minimum absolute atomic E-state index is 0.207. The summed E-state index contributed by atoms with van der Waals surface area (Å²) in [6, 6.07) is 11.4. The van der Waals surface area contributed by atoms with Crippen LogP contribution in [-0.2, 0) is 10.0 Å². The fraction of sp³-hybridized carbons (Fsp3) is 0.300. The average molecular weight is 450 g/mol. The summed E-state index contributed by atoms with van der Waals surface area (Å²) in [7, 11) is -3.53. The van der Waals surface area contributed by atoms with E-state index in [4.69, 9.17) is 11.6 Å². The first-order valence-corrected chi connectivity index (χ1v) is 11.9. The molecule has 0 bridgehead atoms. The smallest absolute Gasteiger partial charge is 0.257 e. The van der Waals surface area contributed by atoms with E-state index in [0.717, 1.165) is 23.1 Å². The number of amides is 1. The Bertz CT molecular complexity index is 1150. The lowest BCUT2D eigenvalue weighted by Gasteiger charge is -2.29. The molecule has 0 radical (unpaired) electrons. The topological polar surface area (TPSA) is 79.4 Å². The maximum Gasteiger partial charge on any atom is 0.257 e. The number of carbonyl (C=O) groups is 1. The first-order chi connectivity index (χ1) is 13.8. The van der Waals surface area contributed by atoms with Gasteiger partial charge in [-0.05, 0) is 61.2 Å². The van der Waals surface area contributed by atoms with Crippen LogP contribution in [-0.4, -0.2) is 36.7 Å². The van der Waals surface area contributed by atoms with E-state index < -0.39 is 10.0 Å². The van der Waals surface area contributed by atoms with Crippen molar-refractivity contribution >= 4 is 54.2 Å². The molecule has 0 atom stereocenters. The van der Waals surface area contributed by atoms with Crippen LogP contribution in [0.3, 0.4) is 0 Å². The van der Waals surface area contributed by atoms with Crippen molar-refractivity contribution in [2.75, 3.05) is 18.4 Å². The van der Waals surface area contributed by atoms with Crippen molar-refractivity contribution in [3.63, 3.8) is 0 Å². The molecule has 2 heterocycles. The van der Waals surface area contributed by atoms with E-state index in [0.29, 0.717) is 34.7 Å². The Balaban J connectivity index is 1.48. The predicted molar refractivity (Wildman–Crippen MR) is 116 cm³/mol. The van der Waals surface area contributed by atoms with Gasteiger partial charge in [-0.1, -0.05) is 29.9 Å². The molecule has 9 heteroatoms. The van der Waals surface area contributed by atoms with Gasteiger partial charge in [-0.2, -0.15) is 4.31 Å². The molecule has 2 aromatic carbocycles. The zero-order valence-corrected chi connectivity index (χ0v) is 18.1. The van der Waals surface area contributed by atoms with Crippen LogP contribution in [0.25, 0.3) is 10.2 Å². The molecule has 6 nitrogen and oxygen atoms in total. The number of thiazole rings is 1. The third-order valence-corrected chi connectivity index (χ3v) is 8.15. The molecule has 1 aliphatic rings. The second-order valence-electron chi connectivity index (χ2n) is 7.20. The molecule has 3 aromatic rings. The number of hydrogen-bond acceptors (Lipinski definition) is 5. The second kappa shape index (κ2) is 8.02. The number of benzene rings is 2. The number of carbonyl (C=O) groups excluding carboxylic acids is 1. The van der Waals surface area contributed by atoms with E-state index in [9.17, 15) is 13.2 Å². The molecule has 0 aliphatic carbocycles. The predicted octanol–water partition coefficient (Wildman–Crippen LogP) is 4.62. The number of anilines is 1. The molecule has 0 spiro atoms. The summed E-state index contributed by atoms with van der Waals surface area (Å²) in [6.07, 6.45) is 1.74. The fourth-order valence-electron chi connectivity index (χ4n) is 3.27. The van der Waals surface area contributed by atoms with Gasteiger partial charge in [0.1, 0.15) is 0 Å². The van der Waals surface area contributed by atoms with E-state index in [-0.39, 0.29) is 10.8 Å². The molecule has 1 N–H and O–H groups in total. The van der Waals surface area contributed by atoms with Crippen LogP contribution in [0.5, 0.6) is 0 Å². The Kier molecular flexibility index (Phi) is 5.61. The Hall–Kier alpha value is -2.00. The zero-order chi connectivity index (χ0) is 20.6. The number of fused-ring (bicyclic) bond motifs is 1. The Morgan fingerprint density at radius 2 is 1.86 bits per heavy atom. The first kappa shape index (κ1) is 20.3. The number of sulfonamides is 1. The van der Waals surface area contributed by atoms with E-state index in [2.05, 4.69) is 17.2 Å². The van der Waals surface area contributed by atoms with E-state index in [1.807, 2.05) is 0 Å². The Morgan fingerprint density at radius 3 is 2.55 bits per heavy atom. The van der Waals surface area contributed by atoms with Gasteiger partial charge in [0.15, 0.2) is 5.13 Å². The summed E-state index contributed by atoms with van der Waals surface area (Å²) in [5.74, 6) is 0.206. The lowest BCUT2D eigenvalue weighted by molar-refractivity contribution is 0.102. The molecule has 0 unspecified atom stereocenters. The highest BCUT2D eigenvalue weighted by molar-refractivity contribution is 7.89. The zero-order valence-electron chi connectivity index (χ0n) is 15.8. The lowest BCUT2D eigenvalue weighted by atomic mass is 10.0. The van der Waals surface area contributed by atoms with E-state index >= 15 is 0 Å². The van der Waals surface area contributed by atoms with Gasteiger partial charge in [0.25, 0.3) is 5.91 Å². The molecule has 1 saturated heterocycles. The van der Waals surface area contributed by atoms with Crippen LogP contribution in [0.15, 0.2) is 47.4 Å². The molecular weight excluding hydrogens is 430 g/mol. The monoisotopic (exact) mass is 449 g/mol. The fourth-order valence-corrected chi connectivity index (χ4v) is 5.88. The highest BCUT2D eigenvalue weighted by atomic mass is 35.5. The van der Waals surface area contributed by atoms with Crippen molar-refractivity contribution in [2.24, 2.45) is 5.92 Å². The first-order valence-electron chi connectivity index (χ1n) is 9.30. The molecule has 0 saturated carbocycles. The second-order valence-corrected chi connectivity index (χ2v) is 10.6. The van der Waals surface area contributed by atoms with Crippen molar-refractivity contribution in [1.29, 1.82) is 0 Å². The molecule has 4 rings (SSSR count). The molecule has 1 amide bonds. The van der Waals surface area contributed by atoms with E-state index in [1.54, 1.807) is 18.2 Å². The maximum atomic E-state index is 12.8. The number of piperidine rings is 1. The molecule has 1 aliphatic heterocycles. The van der Waals surface area contributed by atoms with Gasteiger partial charge in [-0.25, -0.2) is 13.4 Å². The quantitative estimate of drug-likeness (QED) is 0.630. The number of hydrogen-bond donors (Lipinski definition) is 1. The summed E-state index contributed by atoms with van der Waals surface area (Å²) >= 11 is 7.31. The third kappa shape index (κ3) is 4.30. The summed E-state index contributed by atoms with van der Waals surface area (Å²) in [4.78, 5) is 17.1. The van der Waals surface area contributed by atoms with Gasteiger partial charge in [-0.3, -0.25) is 10.1 Å². The number of rotatable bonds is 4. The van der Waals surface area contributed by atoms with Gasteiger partial charge >= 0.3 is 0 Å². The summed E-state index contributed by atoms with van der Waals surface area (Å²) in [6.45, 7) is 3.21. The van der Waals surface area contributed by atoms with Crippen LogP contribution in [0.4, 0.5) is 5.13 Å². The molecule has 29 heavy (non-hydrogen) atoms. The van der Waals surface area contributed by atoms with Gasteiger partial charge in [0.2, 0.25) is 10.0 Å². The number of halogens is 1. The van der Waals surface area contributed by atoms with Crippen LogP contribution in [0.2, 0.25) is 5.02 Å². The largest absolute Gasteiger partial charge is 0.298 e. The minimum Gasteiger partial charge on any atom is -0.298 e. The van der Waals surface area contributed by atoms with Gasteiger partial charge in [0.05, 0.1) is 15.1 Å². The number of nitrogens with zero attached hydrogens (tertiary/aromatic N) is 2.